The second-order valence-electron chi connectivity index (χ2n) is 4.36. The molecule has 2 rings (SSSR count). The van der Waals surface area contributed by atoms with Crippen LogP contribution in [0.5, 0.6) is 5.75 Å². The molecule has 0 amide bonds. The molecule has 0 N–H and O–H groups in total. The zero-order valence-corrected chi connectivity index (χ0v) is 12.4. The minimum Gasteiger partial charge on any atom is -0.469 e. The normalized spacial score (nSPS) is 12.2. The fourth-order valence-corrected chi connectivity index (χ4v) is 2.29. The van der Waals surface area contributed by atoms with Crippen molar-refractivity contribution >= 4 is 27.0 Å². The third-order valence-corrected chi connectivity index (χ3v) is 3.84. The first-order valence-electron chi connectivity index (χ1n) is 6.10. The van der Waals surface area contributed by atoms with Crippen LogP contribution >= 0.6 is 0 Å². The van der Waals surface area contributed by atoms with Gasteiger partial charge in [0.15, 0.2) is 5.75 Å². The lowest BCUT2D eigenvalue weighted by Crippen LogP contribution is -2.28. The second kappa shape index (κ2) is 6.03. The van der Waals surface area contributed by atoms with Crippen LogP contribution in [0.3, 0.4) is 0 Å². The molecule has 0 spiro atoms. The van der Waals surface area contributed by atoms with Crippen molar-refractivity contribution in [1.29, 1.82) is 0 Å². The van der Waals surface area contributed by atoms with E-state index in [4.69, 9.17) is 0 Å². The maximum Gasteiger partial charge on any atom is 0.534 e. The maximum absolute atomic E-state index is 12.4. The monoisotopic (exact) mass is 349 g/mol. The molecule has 0 saturated heterocycles. The summed E-state index contributed by atoms with van der Waals surface area (Å²) in [6, 6.07) is 5.29. The number of aromatic nitrogens is 1. The molecule has 0 aliphatic carbocycles. The number of carbonyl (C=O) groups excluding carboxylic acids is 1. The highest BCUT2D eigenvalue weighted by molar-refractivity contribution is 7.88. The van der Waals surface area contributed by atoms with Crippen LogP contribution in [0.25, 0.3) is 10.9 Å². The molecule has 124 valence electrons. The van der Waals surface area contributed by atoms with Crippen LogP contribution in [0.2, 0.25) is 0 Å². The van der Waals surface area contributed by atoms with Crippen molar-refractivity contribution in [2.24, 2.45) is 0 Å². The highest BCUT2D eigenvalue weighted by Crippen LogP contribution is 2.31. The Morgan fingerprint density at radius 1 is 1.26 bits per heavy atom. The molecule has 0 fully saturated rings. The number of esters is 1. The summed E-state index contributed by atoms with van der Waals surface area (Å²) in [5.41, 5.74) is -5.25. The van der Waals surface area contributed by atoms with Crippen molar-refractivity contribution in [3.05, 3.63) is 36.0 Å². The lowest BCUT2D eigenvalue weighted by molar-refractivity contribution is -0.139. The van der Waals surface area contributed by atoms with Crippen molar-refractivity contribution < 1.29 is 35.3 Å². The van der Waals surface area contributed by atoms with Gasteiger partial charge in [-0.05, 0) is 17.7 Å². The number of fused-ring (bicyclic) bond motifs is 1. The first-order chi connectivity index (χ1) is 10.7. The Kier molecular flexibility index (Phi) is 4.46. The van der Waals surface area contributed by atoms with Crippen LogP contribution in [-0.4, -0.2) is 32.0 Å². The lowest BCUT2D eigenvalue weighted by Gasteiger charge is -2.12. The summed E-state index contributed by atoms with van der Waals surface area (Å²) in [5.74, 6) is -1.14. The van der Waals surface area contributed by atoms with E-state index in [1.165, 1.54) is 31.5 Å². The number of rotatable bonds is 4. The van der Waals surface area contributed by atoms with Crippen molar-refractivity contribution in [3.8, 4) is 5.75 Å². The molecule has 0 atom stereocenters. The second-order valence-corrected chi connectivity index (χ2v) is 5.90. The molecule has 6 nitrogen and oxygen atoms in total. The SMILES string of the molecule is COC(=O)Cc1ccnc2c(OS(=O)(=O)C(F)(F)F)cccc12. The molecule has 0 aliphatic rings. The van der Waals surface area contributed by atoms with Gasteiger partial charge in [-0.1, -0.05) is 12.1 Å². The number of pyridine rings is 1. The zero-order valence-electron chi connectivity index (χ0n) is 11.6. The number of para-hydroxylation sites is 1. The summed E-state index contributed by atoms with van der Waals surface area (Å²) < 4.78 is 68.2. The van der Waals surface area contributed by atoms with Gasteiger partial charge in [0, 0.05) is 11.6 Å². The summed E-state index contributed by atoms with van der Waals surface area (Å²) in [6.45, 7) is 0. The quantitative estimate of drug-likeness (QED) is 0.478. The van der Waals surface area contributed by atoms with Crippen LogP contribution in [0.1, 0.15) is 5.56 Å². The number of methoxy groups -OCH3 is 1. The van der Waals surface area contributed by atoms with Crippen molar-refractivity contribution in [3.63, 3.8) is 0 Å². The Morgan fingerprint density at radius 2 is 1.96 bits per heavy atom. The van der Waals surface area contributed by atoms with Gasteiger partial charge in [-0.2, -0.15) is 21.6 Å². The number of halogens is 3. The maximum atomic E-state index is 12.4. The average molecular weight is 349 g/mol. The molecule has 0 radical (unpaired) electrons. The Labute approximate surface area is 129 Å². The Morgan fingerprint density at radius 3 is 2.57 bits per heavy atom. The summed E-state index contributed by atoms with van der Waals surface area (Å²) in [7, 11) is -4.62. The molecule has 0 unspecified atom stereocenters. The minimum atomic E-state index is -5.81. The predicted molar refractivity (Wildman–Crippen MR) is 73.1 cm³/mol. The van der Waals surface area contributed by atoms with Crippen LogP contribution in [0.4, 0.5) is 13.2 Å². The molecule has 2 aromatic rings. The fraction of sp³-hybridized carbons (Fsp3) is 0.231. The minimum absolute atomic E-state index is 0.110. The number of hydrogen-bond donors (Lipinski definition) is 0. The molecule has 0 saturated carbocycles. The highest BCUT2D eigenvalue weighted by Gasteiger charge is 2.48. The highest BCUT2D eigenvalue weighted by atomic mass is 32.2. The number of benzene rings is 1. The third kappa shape index (κ3) is 3.52. The van der Waals surface area contributed by atoms with Gasteiger partial charge in [-0.15, -0.1) is 0 Å². The number of ether oxygens (including phenoxy) is 1. The lowest BCUT2D eigenvalue weighted by atomic mass is 10.1. The summed E-state index contributed by atoms with van der Waals surface area (Å²) >= 11 is 0. The van der Waals surface area contributed by atoms with E-state index < -0.39 is 27.3 Å². The summed E-state index contributed by atoms with van der Waals surface area (Å²) in [5, 5.41) is 0.285. The molecule has 1 aromatic heterocycles. The van der Waals surface area contributed by atoms with E-state index in [-0.39, 0.29) is 17.3 Å². The largest absolute Gasteiger partial charge is 0.534 e. The van der Waals surface area contributed by atoms with Gasteiger partial charge in [0.05, 0.1) is 13.5 Å². The number of nitrogens with zero attached hydrogens (tertiary/aromatic N) is 1. The van der Waals surface area contributed by atoms with E-state index in [1.807, 2.05) is 0 Å². The topological polar surface area (TPSA) is 82.6 Å². The van der Waals surface area contributed by atoms with Crippen LogP contribution in [-0.2, 0) is 26.1 Å². The van der Waals surface area contributed by atoms with E-state index in [0.29, 0.717) is 5.56 Å². The molecular formula is C13H10F3NO5S. The first-order valence-corrected chi connectivity index (χ1v) is 7.50. The first kappa shape index (κ1) is 17.0. The summed E-state index contributed by atoms with van der Waals surface area (Å²) in [4.78, 5) is 15.2. The van der Waals surface area contributed by atoms with Gasteiger partial charge in [0.25, 0.3) is 0 Å². The fourth-order valence-electron chi connectivity index (χ4n) is 1.82. The van der Waals surface area contributed by atoms with Crippen molar-refractivity contribution in [1.82, 2.24) is 4.98 Å². The molecule has 0 bridgehead atoms. The van der Waals surface area contributed by atoms with E-state index in [1.54, 1.807) is 0 Å². The molecule has 0 aliphatic heterocycles. The number of carbonyl (C=O) groups is 1. The Bertz CT molecular complexity index is 848. The predicted octanol–water partition coefficient (Wildman–Crippen LogP) is 2.18. The standard InChI is InChI=1S/C13H10F3NO5S/c1-21-11(18)7-8-5-6-17-12-9(8)3-2-4-10(12)22-23(19,20)13(14,15)16/h2-6H,7H2,1H3. The van der Waals surface area contributed by atoms with E-state index in [9.17, 15) is 26.4 Å². The van der Waals surface area contributed by atoms with Gasteiger partial charge in [0.2, 0.25) is 0 Å². The van der Waals surface area contributed by atoms with Crippen molar-refractivity contribution in [2.75, 3.05) is 7.11 Å². The van der Waals surface area contributed by atoms with Gasteiger partial charge >= 0.3 is 21.6 Å². The van der Waals surface area contributed by atoms with Gasteiger partial charge in [-0.3, -0.25) is 9.78 Å². The molecule has 23 heavy (non-hydrogen) atoms. The van der Waals surface area contributed by atoms with Crippen LogP contribution in [0.15, 0.2) is 30.5 Å². The Hall–Kier alpha value is -2.36. The van der Waals surface area contributed by atoms with Crippen LogP contribution in [0, 0.1) is 0 Å². The third-order valence-electron chi connectivity index (χ3n) is 2.87. The van der Waals surface area contributed by atoms with E-state index in [0.717, 1.165) is 6.07 Å². The zero-order chi connectivity index (χ0) is 17.3. The van der Waals surface area contributed by atoms with Crippen LogP contribution < -0.4 is 4.18 Å². The van der Waals surface area contributed by atoms with Crippen molar-refractivity contribution in [2.45, 2.75) is 11.9 Å². The van der Waals surface area contributed by atoms with E-state index in [2.05, 4.69) is 13.9 Å². The summed E-state index contributed by atoms with van der Waals surface area (Å²) in [6.07, 6.45) is 1.08. The van der Waals surface area contributed by atoms with Gasteiger partial charge in [-0.25, -0.2) is 0 Å². The number of hydrogen-bond acceptors (Lipinski definition) is 6. The molecule has 10 heteroatoms. The molecule has 1 aromatic carbocycles. The molecular weight excluding hydrogens is 339 g/mol. The Balaban J connectivity index is 2.52. The smallest absolute Gasteiger partial charge is 0.469 e. The van der Waals surface area contributed by atoms with Gasteiger partial charge in [0.1, 0.15) is 5.52 Å². The van der Waals surface area contributed by atoms with Gasteiger partial charge < -0.3 is 8.92 Å². The number of alkyl halides is 3. The molecule has 1 heterocycles. The average Bonchev–Trinajstić information content (AvgIpc) is 2.46. The van der Waals surface area contributed by atoms with E-state index >= 15 is 0 Å².